The van der Waals surface area contributed by atoms with Crippen molar-refractivity contribution in [2.75, 3.05) is 19.8 Å². The number of oxazole rings is 2. The number of thiazole rings is 1. The molecular weight excluding hydrogens is 1250 g/mol. The molecule has 0 radical (unpaired) electrons. The summed E-state index contributed by atoms with van der Waals surface area (Å²) in [5, 5.41) is 26.5. The third-order valence-electron chi connectivity index (χ3n) is 14.3. The van der Waals surface area contributed by atoms with E-state index in [0.717, 1.165) is 46.6 Å². The van der Waals surface area contributed by atoms with E-state index in [1.54, 1.807) is 109 Å². The molecule has 0 aliphatic carbocycles. The van der Waals surface area contributed by atoms with Gasteiger partial charge in [0.25, 0.3) is 29.5 Å². The van der Waals surface area contributed by atoms with Crippen molar-refractivity contribution in [1.29, 1.82) is 0 Å². The third-order valence-corrected chi connectivity index (χ3v) is 15.3. The first-order chi connectivity index (χ1) is 47.7. The monoisotopic (exact) mass is 1340 g/mol. The van der Waals surface area contributed by atoms with Crippen LogP contribution in [-0.2, 0) is 34.0 Å². The highest BCUT2D eigenvalue weighted by molar-refractivity contribution is 7.16. The number of carbonyl (C=O) groups is 6. The Morgan fingerprint density at radius 1 is 0.469 bits per heavy atom. The van der Waals surface area contributed by atoms with Crippen LogP contribution < -0.4 is 14.2 Å². The minimum Gasteiger partial charge on any atom is -0.493 e. The number of aliphatic carboxylic acids is 3. The molecular formula is C72H84N6O17S. The summed E-state index contributed by atoms with van der Waals surface area (Å²) >= 11 is 1.23. The molecule has 6 heterocycles. The van der Waals surface area contributed by atoms with Crippen LogP contribution in [0.4, 0.5) is 0 Å². The SMILES string of the molecule is [2H]C(C)(C)N(Cc1ccccc1OCCCCCC(=O)O)C(=O)c1cnc(-c2ccco2)o1.[2H]C(C)(C)N(Cc1ccccc1OCCCCCC(=O)O)C(=O)c1ncc(-c2ccco2)s1.[2H]C([2H])(c1ccccc1OCCCCCC(=O)O)N(C(=O)c1cnc(-c2ccco2)o1)C(C)C. The summed E-state index contributed by atoms with van der Waals surface area (Å²) in [6.07, 6.45) is 15.2. The van der Waals surface area contributed by atoms with E-state index in [1.165, 1.54) is 46.1 Å². The Kier molecular flexibility index (Phi) is 26.7. The van der Waals surface area contributed by atoms with E-state index in [4.69, 9.17) is 57.1 Å². The van der Waals surface area contributed by atoms with E-state index in [2.05, 4.69) is 15.0 Å². The number of amides is 3. The van der Waals surface area contributed by atoms with Gasteiger partial charge in [0.05, 0.1) is 74.4 Å². The summed E-state index contributed by atoms with van der Waals surface area (Å²) in [5.74, 6) is -0.662. The maximum Gasteiger partial charge on any atom is 0.303 e. The number of hydrogen-bond donors (Lipinski definition) is 3. The van der Waals surface area contributed by atoms with Gasteiger partial charge in [0.15, 0.2) is 16.5 Å². The van der Waals surface area contributed by atoms with Crippen molar-refractivity contribution in [2.24, 2.45) is 0 Å². The maximum atomic E-state index is 13.3. The summed E-state index contributed by atoms with van der Waals surface area (Å²) in [4.78, 5) is 88.9. The number of carbonyl (C=O) groups excluding carboxylic acids is 3. The normalized spacial score (nSPS) is 11.9. The molecule has 0 saturated heterocycles. The fourth-order valence-electron chi connectivity index (χ4n) is 9.24. The van der Waals surface area contributed by atoms with Crippen molar-refractivity contribution in [1.82, 2.24) is 29.7 Å². The van der Waals surface area contributed by atoms with Crippen LogP contribution in [0.15, 0.2) is 169 Å². The molecule has 0 aliphatic heterocycles. The first-order valence-corrected chi connectivity index (χ1v) is 32.3. The number of nitrogens with zero attached hydrogens (tertiary/aromatic N) is 6. The second kappa shape index (κ2) is 38.2. The molecule has 0 saturated carbocycles. The number of unbranched alkanes of at least 4 members (excludes halogenated alkanes) is 6. The molecule has 0 aliphatic rings. The molecule has 0 fully saturated rings. The zero-order valence-electron chi connectivity index (χ0n) is 58.6. The molecule has 23 nitrogen and oxygen atoms in total. The summed E-state index contributed by atoms with van der Waals surface area (Å²) in [6, 6.07) is 28.8. The molecule has 3 N–H and O–H groups in total. The summed E-state index contributed by atoms with van der Waals surface area (Å²) in [6.45, 7) is 9.31. The number of carboxylic acids is 3. The molecule has 0 spiro atoms. The molecule has 0 unspecified atom stereocenters. The zero-order valence-corrected chi connectivity index (χ0v) is 55.4. The highest BCUT2D eigenvalue weighted by Crippen LogP contribution is 2.31. The van der Waals surface area contributed by atoms with Gasteiger partial charge in [-0.1, -0.05) is 54.6 Å². The van der Waals surface area contributed by atoms with Crippen molar-refractivity contribution < 1.29 is 85.9 Å². The molecule has 0 atom stereocenters. The molecule has 6 aromatic heterocycles. The molecule has 0 bridgehead atoms. The number of rotatable bonds is 36. The predicted molar refractivity (Wildman–Crippen MR) is 357 cm³/mol. The lowest BCUT2D eigenvalue weighted by Crippen LogP contribution is -2.36. The number of benzene rings is 3. The van der Waals surface area contributed by atoms with Gasteiger partial charge < -0.3 is 66.3 Å². The van der Waals surface area contributed by atoms with Gasteiger partial charge in [-0.15, -0.1) is 11.3 Å². The summed E-state index contributed by atoms with van der Waals surface area (Å²) < 4.78 is 79.5. The van der Waals surface area contributed by atoms with Crippen LogP contribution in [-0.4, -0.2) is 118 Å². The van der Waals surface area contributed by atoms with E-state index >= 15 is 0 Å². The second-order valence-corrected chi connectivity index (χ2v) is 23.5. The number of ether oxygens (including phenoxy) is 3. The lowest BCUT2D eigenvalue weighted by molar-refractivity contribution is -0.138. The first-order valence-electron chi connectivity index (χ1n) is 33.5. The van der Waals surface area contributed by atoms with Gasteiger partial charge in [0.2, 0.25) is 11.5 Å². The number of para-hydroxylation sites is 3. The van der Waals surface area contributed by atoms with E-state index in [1.807, 2.05) is 54.6 Å². The maximum absolute atomic E-state index is 13.3. The molecule has 9 aromatic rings. The van der Waals surface area contributed by atoms with E-state index in [9.17, 15) is 28.8 Å². The fraction of sp³-hybridized carbons (Fsp3) is 0.375. The van der Waals surface area contributed by atoms with Crippen molar-refractivity contribution in [3.8, 4) is 51.2 Å². The Labute approximate surface area is 567 Å². The standard InChI is InChI=1S/2C24H28N2O6.C24H28N2O5S/c2*1-17(2)26(24(29)21-15-25-23(32-21)20-11-8-14-31-20)16-18-9-5-6-10-19(18)30-13-7-3-4-12-22(27)28;1-17(2)26(24(29)23-25-15-21(32-23)20-11-8-14-31-20)16-18-9-5-6-10-19(18)30-13-7-3-4-12-22(27)28/h3*5-6,8-11,14-15,17H,3-4,7,12-13,16H2,1-2H3,(H,27,28)/i17D;16D2;17D. The van der Waals surface area contributed by atoms with Crippen LogP contribution in [0.2, 0.25) is 0 Å². The molecule has 3 amide bonds. The van der Waals surface area contributed by atoms with Gasteiger partial charge in [-0.05, 0) is 154 Å². The lowest BCUT2D eigenvalue weighted by atomic mass is 10.1. The highest BCUT2D eigenvalue weighted by Gasteiger charge is 2.28. The van der Waals surface area contributed by atoms with Crippen LogP contribution in [0, 0.1) is 0 Å². The van der Waals surface area contributed by atoms with Gasteiger partial charge in [-0.2, -0.15) is 0 Å². The topological polar surface area (TPSA) is 305 Å². The van der Waals surface area contributed by atoms with E-state index in [-0.39, 0.29) is 67.1 Å². The second-order valence-electron chi connectivity index (χ2n) is 22.4. The summed E-state index contributed by atoms with van der Waals surface area (Å²) in [7, 11) is 0. The smallest absolute Gasteiger partial charge is 0.303 e. The van der Waals surface area contributed by atoms with Crippen molar-refractivity contribution in [3.63, 3.8) is 0 Å². The molecule has 96 heavy (non-hydrogen) atoms. The van der Waals surface area contributed by atoms with E-state index < -0.39 is 54.3 Å². The van der Waals surface area contributed by atoms with Gasteiger partial charge in [-0.3, -0.25) is 28.8 Å². The molecule has 3 aromatic carbocycles. The Morgan fingerprint density at radius 3 is 1.25 bits per heavy atom. The Bertz CT molecular complexity index is 3860. The van der Waals surface area contributed by atoms with Gasteiger partial charge in [0, 0.05) is 66.8 Å². The van der Waals surface area contributed by atoms with Gasteiger partial charge in [-0.25, -0.2) is 15.0 Å². The molecule has 9 rings (SSSR count). The molecule has 510 valence electrons. The van der Waals surface area contributed by atoms with Crippen molar-refractivity contribution >= 4 is 47.0 Å². The van der Waals surface area contributed by atoms with Crippen LogP contribution in [0.1, 0.15) is 172 Å². The van der Waals surface area contributed by atoms with Crippen LogP contribution in [0.25, 0.3) is 33.9 Å². The highest BCUT2D eigenvalue weighted by atomic mass is 32.1. The Balaban J connectivity index is 0.000000211. The average molecular weight is 1340 g/mol. The number of furan rings is 3. The largest absolute Gasteiger partial charge is 0.493 e. The fourth-order valence-corrected chi connectivity index (χ4v) is 10.1. The lowest BCUT2D eigenvalue weighted by Gasteiger charge is -2.27. The van der Waals surface area contributed by atoms with Crippen molar-refractivity contribution in [2.45, 2.75) is 156 Å². The zero-order chi connectivity index (χ0) is 72.4. The van der Waals surface area contributed by atoms with Gasteiger partial charge in [0.1, 0.15) is 23.0 Å². The number of aromatic nitrogens is 3. The predicted octanol–water partition coefficient (Wildman–Crippen LogP) is 15.5. The van der Waals surface area contributed by atoms with Crippen molar-refractivity contribution in [3.05, 3.63) is 180 Å². The quantitative estimate of drug-likeness (QED) is 0.0307. The van der Waals surface area contributed by atoms with Gasteiger partial charge >= 0.3 is 17.9 Å². The van der Waals surface area contributed by atoms with Crippen LogP contribution >= 0.6 is 11.3 Å². The number of carboxylic acid groups (broad SMARTS) is 3. The Morgan fingerprint density at radius 2 is 0.854 bits per heavy atom. The van der Waals surface area contributed by atoms with Crippen LogP contribution in [0.5, 0.6) is 17.2 Å². The minimum atomic E-state index is -2.22. The number of hydrogen-bond acceptors (Lipinski definition) is 18. The molecule has 24 heteroatoms. The summed E-state index contributed by atoms with van der Waals surface area (Å²) in [5.41, 5.74) is 1.75. The third kappa shape index (κ3) is 23.1. The van der Waals surface area contributed by atoms with E-state index in [0.29, 0.717) is 91.5 Å². The Hall–Kier alpha value is -10.2. The first kappa shape index (κ1) is 67.2. The minimum absolute atomic E-state index is 0.0126. The average Bonchev–Trinajstić information content (AvgIpc) is 1.01. The van der Waals surface area contributed by atoms with Crippen LogP contribution in [0.3, 0.4) is 0 Å².